The molecule has 1 aliphatic rings. The van der Waals surface area contributed by atoms with Gasteiger partial charge in [-0.1, -0.05) is 17.7 Å². The lowest BCUT2D eigenvalue weighted by Gasteiger charge is -2.26. The Labute approximate surface area is 140 Å². The summed E-state index contributed by atoms with van der Waals surface area (Å²) >= 11 is 6.90. The Balaban J connectivity index is 1.93. The van der Waals surface area contributed by atoms with Crippen molar-refractivity contribution in [3.63, 3.8) is 0 Å². The van der Waals surface area contributed by atoms with E-state index < -0.39 is 17.3 Å². The predicted molar refractivity (Wildman–Crippen MR) is 86.4 cm³/mol. The maximum atomic E-state index is 13.9. The molecule has 0 spiro atoms. The van der Waals surface area contributed by atoms with Gasteiger partial charge in [-0.2, -0.15) is 0 Å². The van der Waals surface area contributed by atoms with Gasteiger partial charge in [0.15, 0.2) is 0 Å². The third kappa shape index (κ3) is 3.24. The van der Waals surface area contributed by atoms with E-state index >= 15 is 0 Å². The van der Waals surface area contributed by atoms with Crippen molar-refractivity contribution in [2.75, 3.05) is 31.6 Å². The van der Waals surface area contributed by atoms with Crippen LogP contribution in [0.25, 0.3) is 0 Å². The van der Waals surface area contributed by atoms with Crippen LogP contribution in [-0.2, 0) is 4.74 Å². The van der Waals surface area contributed by atoms with Gasteiger partial charge in [0.1, 0.15) is 16.4 Å². The number of carbonyl (C=O) groups is 1. The van der Waals surface area contributed by atoms with Gasteiger partial charge in [0.05, 0.1) is 23.9 Å². The maximum Gasteiger partial charge on any atom is 0.273 e. The molecular weight excluding hydrogens is 345 g/mol. The van der Waals surface area contributed by atoms with Crippen LogP contribution in [0, 0.1) is 5.82 Å². The van der Waals surface area contributed by atoms with Gasteiger partial charge in [0.2, 0.25) is 0 Å². The number of ether oxygens (including phenoxy) is 1. The quantitative estimate of drug-likeness (QED) is 0.884. The van der Waals surface area contributed by atoms with E-state index in [1.165, 1.54) is 23.1 Å². The van der Waals surface area contributed by atoms with E-state index in [0.29, 0.717) is 26.3 Å². The number of aromatic nitrogens is 1. The first-order chi connectivity index (χ1) is 11.1. The van der Waals surface area contributed by atoms with Gasteiger partial charge in [-0.05, 0) is 23.7 Å². The summed E-state index contributed by atoms with van der Waals surface area (Å²) in [7, 11) is 0. The Kier molecular flexibility index (Phi) is 4.65. The molecule has 1 aromatic heterocycles. The average Bonchev–Trinajstić information content (AvgIpc) is 2.92. The van der Waals surface area contributed by atoms with Gasteiger partial charge >= 0.3 is 0 Å². The number of benzene rings is 1. The first-order valence-corrected chi connectivity index (χ1v) is 8.07. The molecule has 0 radical (unpaired) electrons. The van der Waals surface area contributed by atoms with Crippen molar-refractivity contribution >= 4 is 39.7 Å². The summed E-state index contributed by atoms with van der Waals surface area (Å²) in [6, 6.07) is 4.24. The van der Waals surface area contributed by atoms with Crippen LogP contribution in [-0.4, -0.2) is 41.5 Å². The van der Waals surface area contributed by atoms with Crippen LogP contribution < -0.4 is 10.9 Å². The van der Waals surface area contributed by atoms with Gasteiger partial charge < -0.3 is 15.0 Å². The van der Waals surface area contributed by atoms with Gasteiger partial charge in [-0.25, -0.2) is 4.39 Å². The number of nitrogens with one attached hydrogen (secondary N) is 2. The largest absolute Gasteiger partial charge is 0.378 e. The molecule has 1 saturated heterocycles. The van der Waals surface area contributed by atoms with E-state index in [2.05, 4.69) is 9.69 Å². The molecule has 1 aromatic carbocycles. The number of aromatic amines is 1. The normalized spacial score (nSPS) is 14.8. The minimum absolute atomic E-state index is 0.0282. The summed E-state index contributed by atoms with van der Waals surface area (Å²) in [6.07, 6.45) is 0. The zero-order valence-electron chi connectivity index (χ0n) is 11.9. The van der Waals surface area contributed by atoms with E-state index in [1.54, 1.807) is 0 Å². The Bertz CT molecular complexity index is 766. The highest BCUT2D eigenvalue weighted by Crippen LogP contribution is 2.31. The summed E-state index contributed by atoms with van der Waals surface area (Å²) in [6.45, 7) is 1.67. The van der Waals surface area contributed by atoms with Crippen molar-refractivity contribution in [1.82, 2.24) is 9.27 Å². The summed E-state index contributed by atoms with van der Waals surface area (Å²) in [5.41, 5.74) is -0.530. The third-order valence-corrected chi connectivity index (χ3v) is 4.53. The highest BCUT2D eigenvalue weighted by Gasteiger charge is 2.26. The zero-order valence-corrected chi connectivity index (χ0v) is 13.5. The molecule has 0 saturated carbocycles. The number of morpholine rings is 1. The van der Waals surface area contributed by atoms with Crippen LogP contribution in [0.5, 0.6) is 0 Å². The Morgan fingerprint density at radius 2 is 2.13 bits per heavy atom. The highest BCUT2D eigenvalue weighted by molar-refractivity contribution is 7.10. The molecule has 122 valence electrons. The number of para-hydroxylation sites is 1. The van der Waals surface area contributed by atoms with Crippen molar-refractivity contribution in [1.29, 1.82) is 0 Å². The van der Waals surface area contributed by atoms with E-state index in [1.807, 2.05) is 0 Å². The molecule has 0 atom stereocenters. The number of rotatable bonds is 3. The van der Waals surface area contributed by atoms with Gasteiger partial charge in [-0.3, -0.25) is 14.0 Å². The minimum Gasteiger partial charge on any atom is -0.378 e. The lowest BCUT2D eigenvalue weighted by Crippen LogP contribution is -2.42. The molecule has 23 heavy (non-hydrogen) atoms. The fourth-order valence-corrected chi connectivity index (χ4v) is 3.18. The van der Waals surface area contributed by atoms with Crippen LogP contribution in [0.3, 0.4) is 0 Å². The minimum atomic E-state index is -0.567. The van der Waals surface area contributed by atoms with Crippen LogP contribution in [0.4, 0.5) is 15.1 Å². The van der Waals surface area contributed by atoms with E-state index in [0.717, 1.165) is 11.5 Å². The third-order valence-electron chi connectivity index (χ3n) is 3.41. The first kappa shape index (κ1) is 16.0. The molecule has 1 aliphatic heterocycles. The van der Waals surface area contributed by atoms with Crippen molar-refractivity contribution in [3.05, 3.63) is 45.0 Å². The molecule has 2 aromatic rings. The molecule has 1 amide bonds. The number of carbonyl (C=O) groups excluding carboxylic acids is 1. The number of hydrogen-bond donors (Lipinski definition) is 2. The SMILES string of the molecule is O=C(c1c(Nc2c(F)cccc2Cl)s[nH]c1=O)N1CCOCC1. The summed E-state index contributed by atoms with van der Waals surface area (Å²) in [5, 5.41) is 3.15. The van der Waals surface area contributed by atoms with Crippen molar-refractivity contribution in [2.45, 2.75) is 0 Å². The van der Waals surface area contributed by atoms with Crippen LogP contribution in [0.1, 0.15) is 10.4 Å². The molecule has 6 nitrogen and oxygen atoms in total. The number of halogens is 2. The second-order valence-corrected chi connectivity index (χ2v) is 6.09. The van der Waals surface area contributed by atoms with Gasteiger partial charge in [-0.15, -0.1) is 0 Å². The summed E-state index contributed by atoms with van der Waals surface area (Å²) in [5.74, 6) is -0.978. The zero-order chi connectivity index (χ0) is 16.4. The van der Waals surface area contributed by atoms with E-state index in [4.69, 9.17) is 16.3 Å². The number of hydrogen-bond acceptors (Lipinski definition) is 5. The highest BCUT2D eigenvalue weighted by atomic mass is 35.5. The lowest BCUT2D eigenvalue weighted by molar-refractivity contribution is 0.0303. The number of anilines is 2. The van der Waals surface area contributed by atoms with Crippen LogP contribution in [0.15, 0.2) is 23.0 Å². The fraction of sp³-hybridized carbons (Fsp3) is 0.286. The molecule has 9 heteroatoms. The Morgan fingerprint density at radius 3 is 2.83 bits per heavy atom. The molecule has 3 rings (SSSR count). The smallest absolute Gasteiger partial charge is 0.273 e. The Hall–Kier alpha value is -1.90. The second kappa shape index (κ2) is 6.69. The van der Waals surface area contributed by atoms with Crippen molar-refractivity contribution < 1.29 is 13.9 Å². The molecule has 2 heterocycles. The van der Waals surface area contributed by atoms with Gasteiger partial charge in [0.25, 0.3) is 11.5 Å². The lowest BCUT2D eigenvalue weighted by atomic mass is 10.2. The molecule has 0 aliphatic carbocycles. The van der Waals surface area contributed by atoms with Crippen molar-refractivity contribution in [2.24, 2.45) is 0 Å². The van der Waals surface area contributed by atoms with E-state index in [9.17, 15) is 14.0 Å². The summed E-state index contributed by atoms with van der Waals surface area (Å²) < 4.78 is 21.6. The van der Waals surface area contributed by atoms with E-state index in [-0.39, 0.29) is 21.3 Å². The molecule has 0 unspecified atom stereocenters. The number of H-pyrrole nitrogens is 1. The van der Waals surface area contributed by atoms with Gasteiger partial charge in [0, 0.05) is 13.1 Å². The monoisotopic (exact) mass is 357 g/mol. The average molecular weight is 358 g/mol. The molecule has 2 N–H and O–H groups in total. The summed E-state index contributed by atoms with van der Waals surface area (Å²) in [4.78, 5) is 26.1. The Morgan fingerprint density at radius 1 is 1.39 bits per heavy atom. The standard InChI is InChI=1S/C14H13ClFN3O3S/c15-8-2-1-3-9(16)11(8)17-13-10(12(20)18-23-13)14(21)19-4-6-22-7-5-19/h1-3,17H,4-7H2,(H,18,20). The second-order valence-electron chi connectivity index (χ2n) is 4.86. The first-order valence-electron chi connectivity index (χ1n) is 6.87. The maximum absolute atomic E-state index is 13.9. The number of nitrogens with zero attached hydrogens (tertiary/aromatic N) is 1. The number of amides is 1. The molecular formula is C14H13ClFN3O3S. The fourth-order valence-electron chi connectivity index (χ4n) is 2.24. The van der Waals surface area contributed by atoms with Crippen LogP contribution >= 0.6 is 23.1 Å². The predicted octanol–water partition coefficient (Wildman–Crippen LogP) is 2.44. The molecule has 0 bridgehead atoms. The molecule has 1 fully saturated rings. The van der Waals surface area contributed by atoms with Crippen molar-refractivity contribution in [3.8, 4) is 0 Å². The topological polar surface area (TPSA) is 74.4 Å². The van der Waals surface area contributed by atoms with Crippen LogP contribution in [0.2, 0.25) is 5.02 Å².